The highest BCUT2D eigenvalue weighted by molar-refractivity contribution is 7.92. The minimum Gasteiger partial charge on any atom is -0.487 e. The summed E-state index contributed by atoms with van der Waals surface area (Å²) in [6.07, 6.45) is 0.501. The van der Waals surface area contributed by atoms with Gasteiger partial charge in [-0.15, -0.1) is 0 Å². The number of sulfonamides is 1. The van der Waals surface area contributed by atoms with Crippen LogP contribution < -0.4 is 24.2 Å². The van der Waals surface area contributed by atoms with E-state index < -0.39 is 28.1 Å². The zero-order valence-corrected chi connectivity index (χ0v) is 22.4. The molecule has 0 spiro atoms. The van der Waals surface area contributed by atoms with Crippen LogP contribution in [0.5, 0.6) is 17.2 Å². The van der Waals surface area contributed by atoms with Gasteiger partial charge in [-0.3, -0.25) is 9.52 Å². The molecule has 0 unspecified atom stereocenters. The lowest BCUT2D eigenvalue weighted by Crippen LogP contribution is -2.50. The molecule has 3 N–H and O–H groups in total. The summed E-state index contributed by atoms with van der Waals surface area (Å²) >= 11 is 0. The van der Waals surface area contributed by atoms with Gasteiger partial charge in [-0.25, -0.2) is 13.2 Å². The van der Waals surface area contributed by atoms with E-state index in [9.17, 15) is 23.1 Å². The number of hydrogen-bond donors (Lipinski definition) is 3. The Bertz CT molecular complexity index is 1320. The summed E-state index contributed by atoms with van der Waals surface area (Å²) in [7, 11) is -1.93. The molecule has 0 radical (unpaired) electrons. The van der Waals surface area contributed by atoms with Crippen molar-refractivity contribution in [3.8, 4) is 17.2 Å². The molecule has 38 heavy (non-hydrogen) atoms. The molecular weight excluding hydrogens is 516 g/mol. The summed E-state index contributed by atoms with van der Waals surface area (Å²) in [6.45, 7) is 3.96. The molecular formula is C25H32N4O8S. The Morgan fingerprint density at radius 1 is 1.16 bits per heavy atom. The predicted octanol–water partition coefficient (Wildman–Crippen LogP) is 2.17. The van der Waals surface area contributed by atoms with Crippen LogP contribution >= 0.6 is 0 Å². The number of aliphatic hydroxyl groups is 1. The number of likely N-dealkylation sites (N-methyl/N-ethyl adjacent to an activating group) is 1. The molecule has 3 amide bonds. The van der Waals surface area contributed by atoms with Crippen molar-refractivity contribution in [1.82, 2.24) is 9.80 Å². The fourth-order valence-corrected chi connectivity index (χ4v) is 4.82. The molecule has 0 saturated heterocycles. The van der Waals surface area contributed by atoms with E-state index in [1.54, 1.807) is 32.2 Å². The van der Waals surface area contributed by atoms with E-state index in [1.807, 2.05) is 6.92 Å². The van der Waals surface area contributed by atoms with Gasteiger partial charge in [0.05, 0.1) is 31.0 Å². The van der Waals surface area contributed by atoms with Gasteiger partial charge in [0.15, 0.2) is 11.5 Å². The normalized spacial score (nSPS) is 19.5. The monoisotopic (exact) mass is 548 g/mol. The Labute approximate surface area is 221 Å². The molecule has 2 aliphatic rings. The summed E-state index contributed by atoms with van der Waals surface area (Å²) in [5.74, 6) is 0.809. The smallest absolute Gasteiger partial charge is 0.321 e. The number of carbonyl (C=O) groups excluding carboxylic acids is 2. The first-order valence-electron chi connectivity index (χ1n) is 12.1. The van der Waals surface area contributed by atoms with E-state index in [4.69, 9.17) is 14.2 Å². The summed E-state index contributed by atoms with van der Waals surface area (Å²) in [4.78, 5) is 29.4. The Balaban J connectivity index is 1.56. The summed E-state index contributed by atoms with van der Waals surface area (Å²) in [5.41, 5.74) is 0.913. The fourth-order valence-electron chi connectivity index (χ4n) is 4.26. The van der Waals surface area contributed by atoms with Crippen LogP contribution in [0, 0.1) is 5.92 Å². The van der Waals surface area contributed by atoms with Crippen molar-refractivity contribution in [2.45, 2.75) is 26.0 Å². The maximum atomic E-state index is 13.4. The van der Waals surface area contributed by atoms with E-state index in [-0.39, 0.29) is 55.4 Å². The lowest BCUT2D eigenvalue weighted by atomic mass is 9.99. The Hall–Kier alpha value is -3.71. The molecule has 13 heteroatoms. The van der Waals surface area contributed by atoms with Gasteiger partial charge >= 0.3 is 6.03 Å². The number of carbonyl (C=O) groups is 2. The van der Waals surface area contributed by atoms with Gasteiger partial charge in [-0.05, 0) is 37.3 Å². The van der Waals surface area contributed by atoms with Crippen molar-refractivity contribution in [2.75, 3.05) is 49.8 Å². The van der Waals surface area contributed by atoms with Gasteiger partial charge in [-0.2, -0.15) is 0 Å². The molecule has 0 aliphatic carbocycles. The second kappa shape index (κ2) is 11.0. The number of hydrogen-bond acceptors (Lipinski definition) is 8. The molecule has 2 aromatic rings. The Morgan fingerprint density at radius 3 is 2.55 bits per heavy atom. The summed E-state index contributed by atoms with van der Waals surface area (Å²) in [6, 6.07) is 8.70. The van der Waals surface area contributed by atoms with Crippen molar-refractivity contribution in [3.63, 3.8) is 0 Å². The molecule has 2 aliphatic heterocycles. The van der Waals surface area contributed by atoms with Crippen LogP contribution in [0.1, 0.15) is 24.2 Å². The molecule has 4 rings (SSSR count). The Kier molecular flexibility index (Phi) is 7.88. The number of fused-ring (bicyclic) bond motifs is 2. The number of nitrogens with zero attached hydrogens (tertiary/aromatic N) is 2. The number of benzene rings is 2. The molecule has 206 valence electrons. The van der Waals surface area contributed by atoms with Gasteiger partial charge in [0.1, 0.15) is 11.9 Å². The average Bonchev–Trinajstić information content (AvgIpc) is 3.33. The zero-order chi connectivity index (χ0) is 27.6. The maximum Gasteiger partial charge on any atom is 0.321 e. The molecule has 0 bridgehead atoms. The van der Waals surface area contributed by atoms with Crippen molar-refractivity contribution in [3.05, 3.63) is 42.0 Å². The third kappa shape index (κ3) is 6.22. The number of rotatable bonds is 7. The zero-order valence-electron chi connectivity index (χ0n) is 21.6. The number of anilines is 2. The lowest BCUT2D eigenvalue weighted by Gasteiger charge is -2.38. The third-order valence-corrected chi connectivity index (χ3v) is 7.00. The predicted molar refractivity (Wildman–Crippen MR) is 140 cm³/mol. The van der Waals surface area contributed by atoms with Gasteiger partial charge in [0, 0.05) is 37.0 Å². The van der Waals surface area contributed by atoms with Gasteiger partial charge < -0.3 is 34.4 Å². The summed E-state index contributed by atoms with van der Waals surface area (Å²) in [5, 5.41) is 12.6. The molecule has 2 aromatic carbocycles. The lowest BCUT2D eigenvalue weighted by molar-refractivity contribution is 0.0371. The maximum absolute atomic E-state index is 13.4. The van der Waals surface area contributed by atoms with Crippen LogP contribution in [0.25, 0.3) is 0 Å². The van der Waals surface area contributed by atoms with E-state index in [0.717, 1.165) is 6.26 Å². The van der Waals surface area contributed by atoms with Crippen LogP contribution in [0.2, 0.25) is 0 Å². The topological polar surface area (TPSA) is 147 Å². The molecule has 0 fully saturated rings. The first-order chi connectivity index (χ1) is 17.9. The van der Waals surface area contributed by atoms with E-state index in [2.05, 4.69) is 10.0 Å². The van der Waals surface area contributed by atoms with E-state index in [1.165, 1.54) is 28.0 Å². The van der Waals surface area contributed by atoms with Crippen molar-refractivity contribution in [1.29, 1.82) is 0 Å². The minimum atomic E-state index is -3.57. The minimum absolute atomic E-state index is 0.130. The number of ether oxygens (including phenoxy) is 3. The number of aliphatic hydroxyl groups excluding tert-OH is 1. The van der Waals surface area contributed by atoms with Gasteiger partial charge in [-0.1, -0.05) is 6.92 Å². The largest absolute Gasteiger partial charge is 0.487 e. The first kappa shape index (κ1) is 27.3. The molecule has 0 aromatic heterocycles. The van der Waals surface area contributed by atoms with Gasteiger partial charge in [0.25, 0.3) is 5.91 Å². The number of urea groups is 1. The highest BCUT2D eigenvalue weighted by atomic mass is 32.2. The molecule has 2 heterocycles. The first-order valence-corrected chi connectivity index (χ1v) is 14.0. The molecule has 0 saturated carbocycles. The van der Waals surface area contributed by atoms with Crippen LogP contribution in [0.3, 0.4) is 0 Å². The second-order valence-electron chi connectivity index (χ2n) is 9.59. The van der Waals surface area contributed by atoms with Crippen molar-refractivity contribution >= 4 is 33.3 Å². The van der Waals surface area contributed by atoms with Crippen LogP contribution in [-0.2, 0) is 10.0 Å². The highest BCUT2D eigenvalue weighted by Gasteiger charge is 2.34. The van der Waals surface area contributed by atoms with E-state index >= 15 is 0 Å². The van der Waals surface area contributed by atoms with Gasteiger partial charge in [0.2, 0.25) is 16.8 Å². The van der Waals surface area contributed by atoms with Crippen LogP contribution in [0.4, 0.5) is 16.2 Å². The van der Waals surface area contributed by atoms with Crippen molar-refractivity contribution in [2.24, 2.45) is 5.92 Å². The second-order valence-corrected chi connectivity index (χ2v) is 11.3. The third-order valence-electron chi connectivity index (χ3n) is 6.39. The average molecular weight is 549 g/mol. The Morgan fingerprint density at radius 2 is 1.84 bits per heavy atom. The fraction of sp³-hybridized carbons (Fsp3) is 0.440. The quantitative estimate of drug-likeness (QED) is 0.477. The number of nitrogens with one attached hydrogen (secondary N) is 2. The molecule has 3 atom stereocenters. The van der Waals surface area contributed by atoms with Crippen LogP contribution in [0.15, 0.2) is 36.4 Å². The summed E-state index contributed by atoms with van der Waals surface area (Å²) < 4.78 is 42.8. The highest BCUT2D eigenvalue weighted by Crippen LogP contribution is 2.34. The SMILES string of the molecule is C[C@H](CO)N1C[C@H](C)[C@H](CN(C)C(=O)Nc2ccc3c(c2)OCO3)Oc2ccc(NS(C)(=O)=O)cc2C1=O. The number of amides is 3. The van der Waals surface area contributed by atoms with E-state index in [0.29, 0.717) is 17.2 Å². The van der Waals surface area contributed by atoms with Crippen LogP contribution in [-0.4, -0.2) is 87.2 Å². The standard InChI is InChI=1S/C25H32N4O8S/c1-15-11-29(16(2)13-30)24(31)19-9-18(27-38(4,33)34)6-7-20(19)37-23(15)12-28(3)25(32)26-17-5-8-21-22(10-17)36-14-35-21/h5-10,15-16,23,27,30H,11-14H2,1-4H3,(H,26,32)/t15-,16+,23-/m0/s1. The van der Waals surface area contributed by atoms with Crippen molar-refractivity contribution < 1.29 is 37.3 Å². The molecule has 12 nitrogen and oxygen atoms in total.